The third kappa shape index (κ3) is 7.64. The molecule has 0 radical (unpaired) electrons. The molecule has 15 heteroatoms. The number of rotatable bonds is 10. The van der Waals surface area contributed by atoms with Crippen LogP contribution in [-0.2, 0) is 9.59 Å². The third-order valence-corrected chi connectivity index (χ3v) is 14.2. The number of piperidine rings is 2. The average Bonchev–Trinajstić information content (AvgIpc) is 3.54. The van der Waals surface area contributed by atoms with E-state index in [0.29, 0.717) is 39.4 Å². The van der Waals surface area contributed by atoms with Gasteiger partial charge in [0.25, 0.3) is 17.7 Å². The van der Waals surface area contributed by atoms with Gasteiger partial charge in [-0.3, -0.25) is 44.1 Å². The lowest BCUT2D eigenvalue weighted by Crippen LogP contribution is -2.74. The summed E-state index contributed by atoms with van der Waals surface area (Å²) in [5, 5.41) is 15.9. The van der Waals surface area contributed by atoms with Crippen LogP contribution in [0.2, 0.25) is 0 Å². The lowest BCUT2D eigenvalue weighted by atomic mass is 9.49. The lowest BCUT2D eigenvalue weighted by Gasteiger charge is -2.63. The number of piperazine rings is 1. The van der Waals surface area contributed by atoms with Crippen molar-refractivity contribution in [3.8, 4) is 11.8 Å². The number of carbonyl (C=O) groups is 5. The Morgan fingerprint density at radius 1 is 0.873 bits per heavy atom. The molecule has 5 amide bonds. The zero-order chi connectivity index (χ0) is 44.2. The van der Waals surface area contributed by atoms with Crippen LogP contribution in [0.15, 0.2) is 67.0 Å². The molecule has 1 aliphatic carbocycles. The Hall–Kier alpha value is -6.40. The van der Waals surface area contributed by atoms with Crippen LogP contribution in [0.5, 0.6) is 5.75 Å². The molecule has 1 unspecified atom stereocenters. The smallest absolute Gasteiger partial charge is 0.262 e. The van der Waals surface area contributed by atoms with E-state index in [0.717, 1.165) is 86.9 Å². The standard InChI is InChI=1S/C48H53N9O6/c1-47(2)45(48(3,4)46(47)63-37-12-7-30(27-49)40-34(37)6-5-18-50-40)53-41(59)31-8-13-38(51-28-31)56-20-16-29(17-21-56)15-19-54-22-24-55(25-23-54)32-9-10-33-35(26-32)44(62)57(43(33)61)36-11-14-39(58)52-42(36)60/h5-10,12-13,18,26,28-29,36,45-46H,11,14-17,19-25H2,1-4H3,(H,53,59)(H,52,58,60). The van der Waals surface area contributed by atoms with Crippen LogP contribution in [0, 0.1) is 28.1 Å². The van der Waals surface area contributed by atoms with E-state index < -0.39 is 29.7 Å². The Morgan fingerprint density at radius 2 is 1.62 bits per heavy atom. The normalized spacial score (nSPS) is 23.5. The van der Waals surface area contributed by atoms with E-state index in [1.807, 2.05) is 36.4 Å². The molecule has 326 valence electrons. The van der Waals surface area contributed by atoms with Gasteiger partial charge in [0.1, 0.15) is 29.8 Å². The van der Waals surface area contributed by atoms with E-state index in [2.05, 4.69) is 64.1 Å². The van der Waals surface area contributed by atoms with Crippen LogP contribution in [0.1, 0.15) is 96.4 Å². The van der Waals surface area contributed by atoms with Gasteiger partial charge in [0.15, 0.2) is 0 Å². The Balaban J connectivity index is 0.721. The van der Waals surface area contributed by atoms with Crippen LogP contribution >= 0.6 is 0 Å². The fourth-order valence-electron chi connectivity index (χ4n) is 10.9. The Bertz CT molecular complexity index is 2520. The van der Waals surface area contributed by atoms with Crippen molar-refractivity contribution in [1.82, 2.24) is 30.4 Å². The van der Waals surface area contributed by atoms with Crippen LogP contribution < -0.4 is 25.2 Å². The first-order valence-corrected chi connectivity index (χ1v) is 22.0. The summed E-state index contributed by atoms with van der Waals surface area (Å²) >= 11 is 0. The minimum absolute atomic E-state index is 0.0903. The number of amides is 5. The summed E-state index contributed by atoms with van der Waals surface area (Å²) in [6, 6.07) is 17.6. The molecule has 63 heavy (non-hydrogen) atoms. The minimum Gasteiger partial charge on any atom is -0.488 e. The van der Waals surface area contributed by atoms with Crippen LogP contribution in [-0.4, -0.2) is 113 Å². The van der Waals surface area contributed by atoms with E-state index in [1.165, 1.54) is 0 Å². The van der Waals surface area contributed by atoms with Crippen molar-refractivity contribution in [2.24, 2.45) is 16.7 Å². The number of carbonyl (C=O) groups excluding carboxylic acids is 5. The molecule has 6 heterocycles. The number of nitrogens with zero attached hydrogens (tertiary/aromatic N) is 7. The number of ether oxygens (including phenoxy) is 1. The molecule has 2 aromatic heterocycles. The largest absolute Gasteiger partial charge is 0.488 e. The number of hydrogen-bond acceptors (Lipinski definition) is 12. The molecule has 1 saturated carbocycles. The lowest BCUT2D eigenvalue weighted by molar-refractivity contribution is -0.163. The quantitative estimate of drug-likeness (QED) is 0.206. The number of nitriles is 1. The van der Waals surface area contributed by atoms with Crippen molar-refractivity contribution < 1.29 is 28.7 Å². The number of imide groups is 2. The van der Waals surface area contributed by atoms with Crippen LogP contribution in [0.4, 0.5) is 11.5 Å². The monoisotopic (exact) mass is 851 g/mol. The molecule has 0 spiro atoms. The second-order valence-corrected chi connectivity index (χ2v) is 18.8. The topological polar surface area (TPSA) is 181 Å². The van der Waals surface area contributed by atoms with Gasteiger partial charge in [-0.05, 0) is 92.7 Å². The molecule has 15 nitrogen and oxygen atoms in total. The van der Waals surface area contributed by atoms with E-state index in [-0.39, 0.29) is 41.7 Å². The van der Waals surface area contributed by atoms with E-state index in [4.69, 9.17) is 9.72 Å². The fraction of sp³-hybridized carbons (Fsp3) is 0.458. The van der Waals surface area contributed by atoms with Crippen molar-refractivity contribution in [2.45, 2.75) is 78.0 Å². The highest BCUT2D eigenvalue weighted by Crippen LogP contribution is 2.56. The highest BCUT2D eigenvalue weighted by Gasteiger charge is 2.64. The second-order valence-electron chi connectivity index (χ2n) is 18.8. The predicted octanol–water partition coefficient (Wildman–Crippen LogP) is 4.94. The number of benzene rings is 2. The van der Waals surface area contributed by atoms with Gasteiger partial charge < -0.3 is 19.9 Å². The maximum Gasteiger partial charge on any atom is 0.262 e. The number of aromatic nitrogens is 2. The Kier molecular flexibility index (Phi) is 10.9. The first-order valence-electron chi connectivity index (χ1n) is 22.0. The van der Waals surface area contributed by atoms with Crippen molar-refractivity contribution >= 4 is 51.9 Å². The molecule has 1 atom stereocenters. The molecular weight excluding hydrogens is 799 g/mol. The summed E-state index contributed by atoms with van der Waals surface area (Å²) in [5.41, 5.74) is 2.35. The highest BCUT2D eigenvalue weighted by atomic mass is 16.5. The number of pyridine rings is 2. The minimum atomic E-state index is -0.975. The molecule has 5 aliphatic rings. The van der Waals surface area contributed by atoms with Gasteiger partial charge in [0, 0.05) is 86.0 Å². The van der Waals surface area contributed by atoms with E-state index in [1.54, 1.807) is 30.6 Å². The second kappa shape index (κ2) is 16.4. The molecule has 4 fully saturated rings. The number of anilines is 2. The van der Waals surface area contributed by atoms with Crippen molar-refractivity contribution in [1.29, 1.82) is 5.26 Å². The summed E-state index contributed by atoms with van der Waals surface area (Å²) in [6.07, 6.45) is 6.64. The van der Waals surface area contributed by atoms with Crippen molar-refractivity contribution in [3.05, 3.63) is 89.2 Å². The molecule has 0 bridgehead atoms. The fourth-order valence-corrected chi connectivity index (χ4v) is 10.9. The zero-order valence-corrected chi connectivity index (χ0v) is 36.2. The van der Waals surface area contributed by atoms with Gasteiger partial charge in [-0.15, -0.1) is 0 Å². The summed E-state index contributed by atoms with van der Waals surface area (Å²) in [7, 11) is 0. The third-order valence-electron chi connectivity index (χ3n) is 14.2. The molecule has 9 rings (SSSR count). The molecular formula is C48H53N9O6. The molecule has 2 N–H and O–H groups in total. The predicted molar refractivity (Wildman–Crippen MR) is 235 cm³/mol. The molecule has 3 saturated heterocycles. The molecule has 4 aromatic rings. The van der Waals surface area contributed by atoms with Crippen molar-refractivity contribution in [3.63, 3.8) is 0 Å². The van der Waals surface area contributed by atoms with Crippen LogP contribution in [0.25, 0.3) is 10.9 Å². The first kappa shape index (κ1) is 41.9. The van der Waals surface area contributed by atoms with Gasteiger partial charge in [-0.1, -0.05) is 27.7 Å². The van der Waals surface area contributed by atoms with Gasteiger partial charge >= 0.3 is 0 Å². The Morgan fingerprint density at radius 3 is 2.32 bits per heavy atom. The molecule has 4 aliphatic heterocycles. The average molecular weight is 852 g/mol. The first-order chi connectivity index (χ1) is 30.2. The molecule has 2 aromatic carbocycles. The highest BCUT2D eigenvalue weighted by molar-refractivity contribution is 6.23. The number of hydrogen-bond donors (Lipinski definition) is 2. The summed E-state index contributed by atoms with van der Waals surface area (Å²) < 4.78 is 6.65. The van der Waals surface area contributed by atoms with E-state index >= 15 is 0 Å². The maximum atomic E-state index is 13.6. The SMILES string of the molecule is CC1(C)C(NC(=O)c2ccc(N3CCC(CCN4CCN(c5ccc6c(c5)C(=O)N(C5CCC(=O)NC5=O)C6=O)CC4)CC3)nc2)C(C)(C)C1Oc1ccc(C#N)c2ncccc12. The van der Waals surface area contributed by atoms with Gasteiger partial charge in [0.05, 0.1) is 27.8 Å². The van der Waals surface area contributed by atoms with Crippen molar-refractivity contribution in [2.75, 3.05) is 55.6 Å². The summed E-state index contributed by atoms with van der Waals surface area (Å²) in [5.74, 6) is 0.0269. The Labute approximate surface area is 366 Å². The van der Waals surface area contributed by atoms with E-state index in [9.17, 15) is 29.2 Å². The van der Waals surface area contributed by atoms with Gasteiger partial charge in [-0.25, -0.2) is 4.98 Å². The van der Waals surface area contributed by atoms with Gasteiger partial charge in [-0.2, -0.15) is 5.26 Å². The summed E-state index contributed by atoms with van der Waals surface area (Å²) in [4.78, 5) is 81.4. The summed E-state index contributed by atoms with van der Waals surface area (Å²) in [6.45, 7) is 14.7. The number of fused-ring (bicyclic) bond motifs is 2. The van der Waals surface area contributed by atoms with Crippen LogP contribution in [0.3, 0.4) is 0 Å². The maximum absolute atomic E-state index is 13.6. The zero-order valence-electron chi connectivity index (χ0n) is 36.2. The number of nitrogens with one attached hydrogen (secondary N) is 2. The van der Waals surface area contributed by atoms with Gasteiger partial charge in [0.2, 0.25) is 11.8 Å².